The van der Waals surface area contributed by atoms with Gasteiger partial charge in [0, 0.05) is 6.42 Å². The first-order chi connectivity index (χ1) is 6.36. The lowest BCUT2D eigenvalue weighted by Crippen LogP contribution is -1.97. The molecule has 0 fully saturated rings. The molecule has 0 unspecified atom stereocenters. The Morgan fingerprint density at radius 3 is 2.54 bits per heavy atom. The molecule has 0 aliphatic heterocycles. The molecule has 69 valence electrons. The van der Waals surface area contributed by atoms with Crippen LogP contribution >= 0.6 is 0 Å². The summed E-state index contributed by atoms with van der Waals surface area (Å²) in [5.41, 5.74) is 1.29. The van der Waals surface area contributed by atoms with Gasteiger partial charge in [-0.3, -0.25) is 4.79 Å². The van der Waals surface area contributed by atoms with E-state index in [4.69, 9.17) is 4.74 Å². The van der Waals surface area contributed by atoms with E-state index in [0.717, 1.165) is 12.2 Å². The molecule has 0 bridgehead atoms. The minimum atomic E-state index is 0.329. The average Bonchev–Trinajstić information content (AvgIpc) is 2.19. The fourth-order valence-electron chi connectivity index (χ4n) is 1.03. The van der Waals surface area contributed by atoms with Gasteiger partial charge in [0.1, 0.15) is 5.75 Å². The topological polar surface area (TPSA) is 26.3 Å². The molecule has 0 aliphatic carbocycles. The van der Waals surface area contributed by atoms with Crippen LogP contribution in [-0.4, -0.2) is 12.9 Å². The normalized spacial score (nSPS) is 9.62. The van der Waals surface area contributed by atoms with Gasteiger partial charge in [-0.1, -0.05) is 19.1 Å². The summed E-state index contributed by atoms with van der Waals surface area (Å²) in [6.45, 7) is 2.52. The summed E-state index contributed by atoms with van der Waals surface area (Å²) < 4.78 is 5.28. The Hall–Kier alpha value is -1.31. The second-order valence-electron chi connectivity index (χ2n) is 2.74. The molecule has 0 aliphatic rings. The molecule has 1 aromatic carbocycles. The Morgan fingerprint density at radius 1 is 1.31 bits per heavy atom. The third-order valence-corrected chi connectivity index (χ3v) is 1.80. The van der Waals surface area contributed by atoms with E-state index in [0.29, 0.717) is 13.0 Å². The molecular formula is C11H13O2. The number of ether oxygens (including phenoxy) is 1. The zero-order chi connectivity index (χ0) is 9.52. The van der Waals surface area contributed by atoms with Crippen molar-refractivity contribution in [1.82, 2.24) is 0 Å². The Labute approximate surface area is 78.5 Å². The quantitative estimate of drug-likeness (QED) is 0.644. The molecule has 1 aromatic rings. The zero-order valence-corrected chi connectivity index (χ0v) is 7.75. The Bertz CT molecular complexity index is 251. The SMILES string of the molecule is CCc1ccc(OCC[C]=O)cc1. The molecule has 2 heteroatoms. The van der Waals surface area contributed by atoms with Crippen LogP contribution in [0.5, 0.6) is 5.75 Å². The largest absolute Gasteiger partial charge is 0.493 e. The van der Waals surface area contributed by atoms with Crippen molar-refractivity contribution in [2.24, 2.45) is 0 Å². The minimum Gasteiger partial charge on any atom is -0.493 e. The molecule has 2 nitrogen and oxygen atoms in total. The van der Waals surface area contributed by atoms with Gasteiger partial charge in [-0.15, -0.1) is 0 Å². The maximum Gasteiger partial charge on any atom is 0.201 e. The lowest BCUT2D eigenvalue weighted by Gasteiger charge is -2.03. The minimum absolute atomic E-state index is 0.329. The molecule has 0 aromatic heterocycles. The van der Waals surface area contributed by atoms with Crippen LogP contribution in [0.25, 0.3) is 0 Å². The maximum atomic E-state index is 9.89. The number of hydrogen-bond donors (Lipinski definition) is 0. The third kappa shape index (κ3) is 3.28. The number of aryl methyl sites for hydroxylation is 1. The summed E-state index contributed by atoms with van der Waals surface area (Å²) >= 11 is 0. The molecule has 13 heavy (non-hydrogen) atoms. The smallest absolute Gasteiger partial charge is 0.201 e. The summed E-state index contributed by atoms with van der Waals surface area (Å²) in [4.78, 5) is 9.89. The van der Waals surface area contributed by atoms with Crippen LogP contribution in [0.1, 0.15) is 18.9 Å². The van der Waals surface area contributed by atoms with Gasteiger partial charge in [0.15, 0.2) is 0 Å². The molecule has 0 spiro atoms. The van der Waals surface area contributed by atoms with Crippen LogP contribution < -0.4 is 4.74 Å². The van der Waals surface area contributed by atoms with Crippen molar-refractivity contribution in [3.63, 3.8) is 0 Å². The average molecular weight is 177 g/mol. The first kappa shape index (κ1) is 9.78. The van der Waals surface area contributed by atoms with Gasteiger partial charge in [-0.25, -0.2) is 0 Å². The molecule has 0 saturated heterocycles. The highest BCUT2D eigenvalue weighted by molar-refractivity contribution is 5.50. The summed E-state index contributed by atoms with van der Waals surface area (Å²) in [6, 6.07) is 7.90. The van der Waals surface area contributed by atoms with Gasteiger partial charge >= 0.3 is 0 Å². The van der Waals surface area contributed by atoms with Gasteiger partial charge in [0.25, 0.3) is 0 Å². The molecule has 0 atom stereocenters. The van der Waals surface area contributed by atoms with E-state index in [1.807, 2.05) is 24.3 Å². The first-order valence-corrected chi connectivity index (χ1v) is 4.43. The van der Waals surface area contributed by atoms with E-state index in [9.17, 15) is 4.79 Å². The number of carbonyl (C=O) groups excluding carboxylic acids is 1. The van der Waals surface area contributed by atoms with E-state index in [-0.39, 0.29) is 0 Å². The molecule has 1 rings (SSSR count). The lowest BCUT2D eigenvalue weighted by molar-refractivity contribution is 0.326. The van der Waals surface area contributed by atoms with E-state index < -0.39 is 0 Å². The molecule has 1 radical (unpaired) electrons. The molecule has 0 saturated carbocycles. The van der Waals surface area contributed by atoms with E-state index in [1.54, 1.807) is 6.29 Å². The van der Waals surface area contributed by atoms with Crippen LogP contribution in [0.4, 0.5) is 0 Å². The first-order valence-electron chi connectivity index (χ1n) is 4.43. The Balaban J connectivity index is 2.44. The van der Waals surface area contributed by atoms with Gasteiger partial charge in [0.05, 0.1) is 6.61 Å². The molecular weight excluding hydrogens is 164 g/mol. The Kier molecular flexibility index (Phi) is 4.03. The highest BCUT2D eigenvalue weighted by atomic mass is 16.5. The highest BCUT2D eigenvalue weighted by Gasteiger charge is 1.93. The predicted octanol–water partition coefficient (Wildman–Crippen LogP) is 2.13. The van der Waals surface area contributed by atoms with Gasteiger partial charge in [0.2, 0.25) is 6.29 Å². The lowest BCUT2D eigenvalue weighted by atomic mass is 10.2. The van der Waals surface area contributed by atoms with Crippen LogP contribution in [0.2, 0.25) is 0 Å². The van der Waals surface area contributed by atoms with Crippen LogP contribution in [0.15, 0.2) is 24.3 Å². The van der Waals surface area contributed by atoms with Crippen molar-refractivity contribution in [2.75, 3.05) is 6.61 Å². The van der Waals surface area contributed by atoms with Crippen LogP contribution in [-0.2, 0) is 11.2 Å². The van der Waals surface area contributed by atoms with E-state index in [1.165, 1.54) is 5.56 Å². The molecule has 0 heterocycles. The van der Waals surface area contributed by atoms with Crippen molar-refractivity contribution in [2.45, 2.75) is 19.8 Å². The maximum absolute atomic E-state index is 9.89. The van der Waals surface area contributed by atoms with Gasteiger partial charge < -0.3 is 4.74 Å². The monoisotopic (exact) mass is 177 g/mol. The third-order valence-electron chi connectivity index (χ3n) is 1.80. The standard InChI is InChI=1S/C11H13O2/c1-2-10-4-6-11(7-5-10)13-9-3-8-12/h4-7H,2-3,9H2,1H3. The number of hydrogen-bond acceptors (Lipinski definition) is 2. The molecule has 0 amide bonds. The number of rotatable bonds is 5. The second kappa shape index (κ2) is 5.36. The van der Waals surface area contributed by atoms with Crippen molar-refractivity contribution in [3.8, 4) is 5.75 Å². The summed E-state index contributed by atoms with van der Waals surface area (Å²) in [6.07, 6.45) is 3.14. The number of benzene rings is 1. The van der Waals surface area contributed by atoms with E-state index in [2.05, 4.69) is 6.92 Å². The highest BCUT2D eigenvalue weighted by Crippen LogP contribution is 2.12. The van der Waals surface area contributed by atoms with Gasteiger partial charge in [-0.05, 0) is 24.1 Å². The summed E-state index contributed by atoms with van der Waals surface area (Å²) in [5, 5.41) is 0. The van der Waals surface area contributed by atoms with Crippen LogP contribution in [0.3, 0.4) is 0 Å². The van der Waals surface area contributed by atoms with Crippen molar-refractivity contribution in [1.29, 1.82) is 0 Å². The van der Waals surface area contributed by atoms with Crippen molar-refractivity contribution >= 4 is 6.29 Å². The summed E-state index contributed by atoms with van der Waals surface area (Å²) in [7, 11) is 0. The Morgan fingerprint density at radius 2 is 2.00 bits per heavy atom. The van der Waals surface area contributed by atoms with Crippen molar-refractivity contribution < 1.29 is 9.53 Å². The van der Waals surface area contributed by atoms with E-state index >= 15 is 0 Å². The zero-order valence-electron chi connectivity index (χ0n) is 7.75. The second-order valence-corrected chi connectivity index (χ2v) is 2.74. The molecule has 0 N–H and O–H groups in total. The fourth-order valence-corrected chi connectivity index (χ4v) is 1.03. The fraction of sp³-hybridized carbons (Fsp3) is 0.364. The van der Waals surface area contributed by atoms with Crippen LogP contribution in [0, 0.1) is 0 Å². The predicted molar refractivity (Wildman–Crippen MR) is 51.6 cm³/mol. The summed E-state index contributed by atoms with van der Waals surface area (Å²) in [5.74, 6) is 0.812. The van der Waals surface area contributed by atoms with Crippen molar-refractivity contribution in [3.05, 3.63) is 29.8 Å². The van der Waals surface area contributed by atoms with Gasteiger partial charge in [-0.2, -0.15) is 0 Å².